The molecule has 0 spiro atoms. The lowest BCUT2D eigenvalue weighted by molar-refractivity contribution is 0.0994. The highest BCUT2D eigenvalue weighted by molar-refractivity contribution is 5.90. The molecule has 1 aliphatic rings. The topological polar surface area (TPSA) is 80.9 Å². The molecule has 0 saturated heterocycles. The van der Waals surface area contributed by atoms with Crippen molar-refractivity contribution in [2.24, 2.45) is 11.1 Å². The Kier molecular flexibility index (Phi) is 3.26. The van der Waals surface area contributed by atoms with Gasteiger partial charge >= 0.3 is 0 Å². The smallest absolute Gasteiger partial charge is 0.269 e. The molecule has 0 atom stereocenters. The van der Waals surface area contributed by atoms with Crippen molar-refractivity contribution in [2.75, 3.05) is 11.9 Å². The van der Waals surface area contributed by atoms with Gasteiger partial charge in [0.05, 0.1) is 0 Å². The highest BCUT2D eigenvalue weighted by atomic mass is 16.1. The normalized spacial score (nSPS) is 17.9. The first-order chi connectivity index (χ1) is 8.09. The van der Waals surface area contributed by atoms with Gasteiger partial charge in [-0.05, 0) is 30.4 Å². The summed E-state index contributed by atoms with van der Waals surface area (Å²) < 4.78 is 0. The first kappa shape index (κ1) is 11.8. The second-order valence-corrected chi connectivity index (χ2v) is 5.04. The third-order valence-corrected chi connectivity index (χ3v) is 3.42. The highest BCUT2D eigenvalue weighted by Crippen LogP contribution is 2.37. The maximum absolute atomic E-state index is 10.8. The van der Waals surface area contributed by atoms with E-state index in [-0.39, 0.29) is 5.69 Å². The molecule has 1 heterocycles. The second-order valence-electron chi connectivity index (χ2n) is 5.04. The van der Waals surface area contributed by atoms with Crippen LogP contribution in [0.2, 0.25) is 0 Å². The van der Waals surface area contributed by atoms with Crippen molar-refractivity contribution in [3.8, 4) is 0 Å². The van der Waals surface area contributed by atoms with Gasteiger partial charge in [-0.25, -0.2) is 0 Å². The fourth-order valence-electron chi connectivity index (χ4n) is 2.27. The van der Waals surface area contributed by atoms with Crippen molar-refractivity contribution in [1.82, 2.24) is 10.2 Å². The molecular weight excluding hydrogens is 216 g/mol. The number of nitrogens with two attached hydrogens (primary N) is 1. The van der Waals surface area contributed by atoms with Gasteiger partial charge in [0.25, 0.3) is 5.91 Å². The van der Waals surface area contributed by atoms with E-state index in [1.54, 1.807) is 12.1 Å². The summed E-state index contributed by atoms with van der Waals surface area (Å²) in [6, 6.07) is 3.33. The van der Waals surface area contributed by atoms with E-state index in [0.29, 0.717) is 11.2 Å². The molecule has 1 amide bonds. The van der Waals surface area contributed by atoms with Gasteiger partial charge in [-0.15, -0.1) is 10.2 Å². The second kappa shape index (κ2) is 4.69. The number of carbonyl (C=O) groups is 1. The van der Waals surface area contributed by atoms with Crippen molar-refractivity contribution in [1.29, 1.82) is 0 Å². The molecule has 0 aromatic carbocycles. The van der Waals surface area contributed by atoms with Crippen LogP contribution < -0.4 is 11.1 Å². The van der Waals surface area contributed by atoms with Crippen LogP contribution in [0.3, 0.4) is 0 Å². The van der Waals surface area contributed by atoms with E-state index >= 15 is 0 Å². The molecule has 0 radical (unpaired) electrons. The Bertz CT molecular complexity index is 395. The van der Waals surface area contributed by atoms with E-state index in [9.17, 15) is 4.79 Å². The summed E-state index contributed by atoms with van der Waals surface area (Å²) in [7, 11) is 0. The summed E-state index contributed by atoms with van der Waals surface area (Å²) in [5, 5.41) is 11.0. The fourth-order valence-corrected chi connectivity index (χ4v) is 2.27. The number of hydrogen-bond donors (Lipinski definition) is 2. The molecule has 5 nitrogen and oxygen atoms in total. The third-order valence-electron chi connectivity index (χ3n) is 3.42. The van der Waals surface area contributed by atoms with Crippen LogP contribution >= 0.6 is 0 Å². The monoisotopic (exact) mass is 234 g/mol. The number of carbonyl (C=O) groups excluding carboxylic acids is 1. The van der Waals surface area contributed by atoms with Gasteiger partial charge in [0, 0.05) is 6.54 Å². The van der Waals surface area contributed by atoms with Gasteiger partial charge < -0.3 is 11.1 Å². The SMILES string of the molecule is CC1(CNc2ccc(C(N)=O)nn2)CCCC1. The number of amides is 1. The Morgan fingerprint density at radius 1 is 1.41 bits per heavy atom. The van der Waals surface area contributed by atoms with Crippen LogP contribution in [0.1, 0.15) is 43.1 Å². The number of nitrogens with zero attached hydrogens (tertiary/aromatic N) is 2. The van der Waals surface area contributed by atoms with Crippen molar-refractivity contribution >= 4 is 11.7 Å². The number of rotatable bonds is 4. The Hall–Kier alpha value is -1.65. The molecule has 1 fully saturated rings. The molecule has 2 rings (SSSR count). The minimum Gasteiger partial charge on any atom is -0.368 e. The van der Waals surface area contributed by atoms with Crippen molar-refractivity contribution in [3.63, 3.8) is 0 Å². The molecule has 1 saturated carbocycles. The Morgan fingerprint density at radius 2 is 2.12 bits per heavy atom. The summed E-state index contributed by atoms with van der Waals surface area (Å²) >= 11 is 0. The maximum Gasteiger partial charge on any atom is 0.269 e. The zero-order valence-corrected chi connectivity index (χ0v) is 10.1. The summed E-state index contributed by atoms with van der Waals surface area (Å²) in [4.78, 5) is 10.8. The predicted molar refractivity (Wildman–Crippen MR) is 65.6 cm³/mol. The quantitative estimate of drug-likeness (QED) is 0.828. The molecule has 0 unspecified atom stereocenters. The first-order valence-electron chi connectivity index (χ1n) is 5.96. The van der Waals surface area contributed by atoms with Crippen molar-refractivity contribution in [2.45, 2.75) is 32.6 Å². The van der Waals surface area contributed by atoms with Crippen LogP contribution in [0, 0.1) is 5.41 Å². The Labute approximate surface area is 101 Å². The van der Waals surface area contributed by atoms with Crippen LogP contribution in [0.25, 0.3) is 0 Å². The lowest BCUT2D eigenvalue weighted by atomic mass is 9.89. The number of nitrogens with one attached hydrogen (secondary N) is 1. The number of primary amides is 1. The third kappa shape index (κ3) is 2.93. The molecule has 1 aliphatic carbocycles. The van der Waals surface area contributed by atoms with Gasteiger partial charge in [0.1, 0.15) is 5.82 Å². The summed E-state index contributed by atoms with van der Waals surface area (Å²) in [6.45, 7) is 3.19. The molecule has 5 heteroatoms. The maximum atomic E-state index is 10.8. The van der Waals surface area contributed by atoms with Gasteiger partial charge in [-0.3, -0.25) is 4.79 Å². The molecule has 92 valence electrons. The predicted octanol–water partition coefficient (Wildman–Crippen LogP) is 1.57. The van der Waals surface area contributed by atoms with Crippen molar-refractivity contribution in [3.05, 3.63) is 17.8 Å². The van der Waals surface area contributed by atoms with Crippen LogP contribution in [0.4, 0.5) is 5.82 Å². The minimum absolute atomic E-state index is 0.197. The number of anilines is 1. The zero-order valence-electron chi connectivity index (χ0n) is 10.1. The number of hydrogen-bond acceptors (Lipinski definition) is 4. The highest BCUT2D eigenvalue weighted by Gasteiger charge is 2.28. The van der Waals surface area contributed by atoms with E-state index < -0.39 is 5.91 Å². The summed E-state index contributed by atoms with van der Waals surface area (Å²) in [5.74, 6) is 0.148. The van der Waals surface area contributed by atoms with E-state index in [0.717, 1.165) is 6.54 Å². The largest absolute Gasteiger partial charge is 0.368 e. The average Bonchev–Trinajstić information content (AvgIpc) is 2.75. The molecule has 3 N–H and O–H groups in total. The van der Waals surface area contributed by atoms with Gasteiger partial charge in [-0.1, -0.05) is 19.8 Å². The molecule has 17 heavy (non-hydrogen) atoms. The lowest BCUT2D eigenvalue weighted by Gasteiger charge is -2.23. The lowest BCUT2D eigenvalue weighted by Crippen LogP contribution is -2.23. The molecule has 1 aromatic rings. The zero-order chi connectivity index (χ0) is 12.3. The van der Waals surface area contributed by atoms with Crippen molar-refractivity contribution < 1.29 is 4.79 Å². The average molecular weight is 234 g/mol. The molecule has 0 bridgehead atoms. The van der Waals surface area contributed by atoms with E-state index in [1.807, 2.05) is 0 Å². The van der Waals surface area contributed by atoms with Crippen LogP contribution in [0.15, 0.2) is 12.1 Å². The number of aromatic nitrogens is 2. The molecule has 0 aliphatic heterocycles. The summed E-state index contributed by atoms with van der Waals surface area (Å²) in [5.41, 5.74) is 5.66. The van der Waals surface area contributed by atoms with Gasteiger partial charge in [0.15, 0.2) is 5.69 Å². The van der Waals surface area contributed by atoms with Crippen LogP contribution in [-0.4, -0.2) is 22.6 Å². The first-order valence-corrected chi connectivity index (χ1v) is 5.96. The van der Waals surface area contributed by atoms with E-state index in [1.165, 1.54) is 25.7 Å². The summed E-state index contributed by atoms with van der Waals surface area (Å²) in [6.07, 6.45) is 5.13. The van der Waals surface area contributed by atoms with E-state index in [2.05, 4.69) is 22.4 Å². The standard InChI is InChI=1S/C12H18N4O/c1-12(6-2-3-7-12)8-14-10-5-4-9(11(13)17)15-16-10/h4-5H,2-3,6-8H2,1H3,(H2,13,17)(H,14,16). The van der Waals surface area contributed by atoms with Crippen LogP contribution in [-0.2, 0) is 0 Å². The molecular formula is C12H18N4O. The van der Waals surface area contributed by atoms with Gasteiger partial charge in [0.2, 0.25) is 0 Å². The fraction of sp³-hybridized carbons (Fsp3) is 0.583. The van der Waals surface area contributed by atoms with Gasteiger partial charge in [-0.2, -0.15) is 0 Å². The van der Waals surface area contributed by atoms with Crippen LogP contribution in [0.5, 0.6) is 0 Å². The minimum atomic E-state index is -0.549. The Morgan fingerprint density at radius 3 is 2.65 bits per heavy atom. The Balaban J connectivity index is 1.93. The molecule has 1 aromatic heterocycles. The van der Waals surface area contributed by atoms with E-state index in [4.69, 9.17) is 5.73 Å².